The van der Waals surface area contributed by atoms with Gasteiger partial charge in [-0.1, -0.05) is 24.3 Å². The van der Waals surface area contributed by atoms with Crippen LogP contribution in [-0.4, -0.2) is 21.8 Å². The van der Waals surface area contributed by atoms with Gasteiger partial charge in [0.05, 0.1) is 34.2 Å². The van der Waals surface area contributed by atoms with Gasteiger partial charge in [-0.05, 0) is 37.1 Å². The second-order valence-corrected chi connectivity index (χ2v) is 8.28. The lowest BCUT2D eigenvalue weighted by molar-refractivity contribution is -0.115. The summed E-state index contributed by atoms with van der Waals surface area (Å²) in [6, 6.07) is 7.72. The summed E-state index contributed by atoms with van der Waals surface area (Å²) in [6.07, 6.45) is 2.53. The Morgan fingerprint density at radius 2 is 2.00 bits per heavy atom. The number of furan rings is 1. The molecular formula is C20H18N4O3S2. The van der Waals surface area contributed by atoms with Gasteiger partial charge in [-0.25, -0.2) is 9.97 Å². The highest BCUT2D eigenvalue weighted by Gasteiger charge is 2.15. The van der Waals surface area contributed by atoms with E-state index in [0.717, 1.165) is 16.6 Å². The third-order valence-corrected chi connectivity index (χ3v) is 6.06. The topological polar surface area (TPSA) is 97.1 Å². The molecule has 0 unspecified atom stereocenters. The molecule has 0 radical (unpaired) electrons. The van der Waals surface area contributed by atoms with Crippen molar-refractivity contribution < 1.29 is 14.0 Å². The molecular weight excluding hydrogens is 408 g/mol. The predicted octanol–water partition coefficient (Wildman–Crippen LogP) is 4.65. The van der Waals surface area contributed by atoms with Gasteiger partial charge in [0, 0.05) is 5.38 Å². The number of rotatable bonds is 6. The van der Waals surface area contributed by atoms with Gasteiger partial charge in [0.2, 0.25) is 5.91 Å². The molecule has 0 atom stereocenters. The second kappa shape index (κ2) is 8.14. The van der Waals surface area contributed by atoms with Crippen molar-refractivity contribution in [2.75, 3.05) is 10.6 Å². The zero-order chi connectivity index (χ0) is 20.4. The maximum Gasteiger partial charge on any atom is 0.260 e. The van der Waals surface area contributed by atoms with Gasteiger partial charge in [-0.3, -0.25) is 14.9 Å². The van der Waals surface area contributed by atoms with Crippen molar-refractivity contribution in [3.8, 4) is 0 Å². The normalized spacial score (nSPS) is 11.0. The fraction of sp³-hybridized carbons (Fsp3) is 0.200. The maximum atomic E-state index is 12.4. The number of carbonyl (C=O) groups excluding carboxylic acids is 2. The summed E-state index contributed by atoms with van der Waals surface area (Å²) in [4.78, 5) is 33.3. The zero-order valence-electron chi connectivity index (χ0n) is 15.8. The van der Waals surface area contributed by atoms with Crippen molar-refractivity contribution in [1.29, 1.82) is 0 Å². The first kappa shape index (κ1) is 19.3. The molecule has 0 aliphatic heterocycles. The van der Waals surface area contributed by atoms with Crippen molar-refractivity contribution in [3.63, 3.8) is 0 Å². The molecule has 3 heterocycles. The monoisotopic (exact) mass is 426 g/mol. The highest BCUT2D eigenvalue weighted by molar-refractivity contribution is 7.22. The van der Waals surface area contributed by atoms with Crippen molar-refractivity contribution in [3.05, 3.63) is 58.5 Å². The van der Waals surface area contributed by atoms with E-state index in [0.29, 0.717) is 27.3 Å². The van der Waals surface area contributed by atoms with E-state index in [1.165, 1.54) is 34.5 Å². The van der Waals surface area contributed by atoms with E-state index < -0.39 is 0 Å². The molecule has 4 aromatic rings. The number of fused-ring (bicyclic) bond motifs is 1. The van der Waals surface area contributed by atoms with Crippen molar-refractivity contribution in [2.45, 2.75) is 26.7 Å². The number of nitrogens with one attached hydrogen (secondary N) is 2. The molecule has 3 aromatic heterocycles. The lowest BCUT2D eigenvalue weighted by Crippen LogP contribution is -2.15. The molecule has 0 aliphatic carbocycles. The highest BCUT2D eigenvalue weighted by Crippen LogP contribution is 2.27. The fourth-order valence-corrected chi connectivity index (χ4v) is 4.45. The standard InChI is InChI=1S/C20H18N4O3S2/c1-3-12-4-5-15-16(8-12)29-20(22-15)23-17(25)9-13-10-28-19(21-13)24-18(26)14-6-7-27-11(14)2/h4-8,10H,3,9H2,1-2H3,(H,21,24,26)(H,22,23,25). The largest absolute Gasteiger partial charge is 0.469 e. The van der Waals surface area contributed by atoms with Crippen LogP contribution in [0.2, 0.25) is 0 Å². The van der Waals surface area contributed by atoms with Crippen LogP contribution in [0.4, 0.5) is 10.3 Å². The Kier molecular flexibility index (Phi) is 5.41. The van der Waals surface area contributed by atoms with Crippen LogP contribution in [0.1, 0.15) is 34.3 Å². The summed E-state index contributed by atoms with van der Waals surface area (Å²) >= 11 is 2.72. The molecule has 0 aliphatic rings. The number of hydrogen-bond donors (Lipinski definition) is 2. The number of aryl methyl sites for hydroxylation is 2. The van der Waals surface area contributed by atoms with Crippen LogP contribution in [0.3, 0.4) is 0 Å². The first-order valence-electron chi connectivity index (χ1n) is 9.01. The molecule has 148 valence electrons. The van der Waals surface area contributed by atoms with E-state index in [1.54, 1.807) is 18.4 Å². The Hall–Kier alpha value is -3.04. The summed E-state index contributed by atoms with van der Waals surface area (Å²) < 4.78 is 6.19. The van der Waals surface area contributed by atoms with E-state index in [1.807, 2.05) is 12.1 Å². The maximum absolute atomic E-state index is 12.4. The molecule has 1 aromatic carbocycles. The van der Waals surface area contributed by atoms with Gasteiger partial charge in [0.15, 0.2) is 10.3 Å². The number of anilines is 2. The lowest BCUT2D eigenvalue weighted by Gasteiger charge is -2.00. The Bertz CT molecular complexity index is 1190. The van der Waals surface area contributed by atoms with Crippen LogP contribution in [0, 0.1) is 6.92 Å². The SMILES string of the molecule is CCc1ccc2nc(NC(=O)Cc3csc(NC(=O)c4ccoc4C)n3)sc2c1. The van der Waals surface area contributed by atoms with Crippen molar-refractivity contribution in [2.24, 2.45) is 0 Å². The minimum absolute atomic E-state index is 0.104. The second-order valence-electron chi connectivity index (χ2n) is 6.39. The fourth-order valence-electron chi connectivity index (χ4n) is 2.80. The number of carbonyl (C=O) groups is 2. The van der Waals surface area contributed by atoms with Gasteiger partial charge >= 0.3 is 0 Å². The van der Waals surface area contributed by atoms with Gasteiger partial charge in [0.1, 0.15) is 5.76 Å². The summed E-state index contributed by atoms with van der Waals surface area (Å²) in [5, 5.41) is 8.31. The van der Waals surface area contributed by atoms with E-state index in [4.69, 9.17) is 4.42 Å². The zero-order valence-corrected chi connectivity index (χ0v) is 17.4. The molecule has 0 saturated carbocycles. The van der Waals surface area contributed by atoms with E-state index in [2.05, 4.69) is 33.6 Å². The van der Waals surface area contributed by atoms with Gasteiger partial charge in [-0.15, -0.1) is 11.3 Å². The molecule has 0 spiro atoms. The first-order chi connectivity index (χ1) is 14.0. The molecule has 4 rings (SSSR count). The number of aromatic nitrogens is 2. The van der Waals surface area contributed by atoms with Crippen LogP contribution >= 0.6 is 22.7 Å². The average molecular weight is 427 g/mol. The summed E-state index contributed by atoms with van der Waals surface area (Å²) in [5.41, 5.74) is 3.15. The quantitative estimate of drug-likeness (QED) is 0.468. The average Bonchev–Trinajstić information content (AvgIpc) is 3.40. The van der Waals surface area contributed by atoms with Crippen LogP contribution in [0.5, 0.6) is 0 Å². The number of benzene rings is 1. The number of nitrogens with zero attached hydrogens (tertiary/aromatic N) is 2. The van der Waals surface area contributed by atoms with Gasteiger partial charge in [0.25, 0.3) is 5.91 Å². The van der Waals surface area contributed by atoms with Crippen molar-refractivity contribution in [1.82, 2.24) is 9.97 Å². The molecule has 2 N–H and O–H groups in total. The predicted molar refractivity (Wildman–Crippen MR) is 115 cm³/mol. The molecule has 0 bridgehead atoms. The third kappa shape index (κ3) is 4.36. The molecule has 9 heteroatoms. The van der Waals surface area contributed by atoms with Crippen LogP contribution in [0.25, 0.3) is 10.2 Å². The summed E-state index contributed by atoms with van der Waals surface area (Å²) in [6.45, 7) is 3.82. The molecule has 0 fully saturated rings. The number of hydrogen-bond acceptors (Lipinski definition) is 7. The lowest BCUT2D eigenvalue weighted by atomic mass is 10.2. The minimum Gasteiger partial charge on any atom is -0.469 e. The van der Waals surface area contributed by atoms with E-state index in [9.17, 15) is 9.59 Å². The van der Waals surface area contributed by atoms with Gasteiger partial charge < -0.3 is 9.73 Å². The van der Waals surface area contributed by atoms with Crippen LogP contribution in [0.15, 0.2) is 40.3 Å². The summed E-state index contributed by atoms with van der Waals surface area (Å²) in [5.74, 6) is 0.0525. The Morgan fingerprint density at radius 3 is 2.76 bits per heavy atom. The molecule has 0 saturated heterocycles. The Morgan fingerprint density at radius 1 is 1.14 bits per heavy atom. The number of amides is 2. The third-order valence-electron chi connectivity index (χ3n) is 4.32. The van der Waals surface area contributed by atoms with Crippen molar-refractivity contribution >= 4 is 55.0 Å². The number of thiazole rings is 2. The van der Waals surface area contributed by atoms with Gasteiger partial charge in [-0.2, -0.15) is 0 Å². The van der Waals surface area contributed by atoms with E-state index in [-0.39, 0.29) is 18.2 Å². The molecule has 2 amide bonds. The van der Waals surface area contributed by atoms with Crippen LogP contribution in [-0.2, 0) is 17.6 Å². The Balaban J connectivity index is 1.38. The highest BCUT2D eigenvalue weighted by atomic mass is 32.1. The van der Waals surface area contributed by atoms with Crippen LogP contribution < -0.4 is 10.6 Å². The molecule has 29 heavy (non-hydrogen) atoms. The summed E-state index contributed by atoms with van der Waals surface area (Å²) in [7, 11) is 0. The first-order valence-corrected chi connectivity index (χ1v) is 10.7. The Labute approximate surface area is 174 Å². The smallest absolute Gasteiger partial charge is 0.260 e. The molecule has 7 nitrogen and oxygen atoms in total. The minimum atomic E-state index is -0.289. The van der Waals surface area contributed by atoms with E-state index >= 15 is 0 Å².